The summed E-state index contributed by atoms with van der Waals surface area (Å²) in [6.07, 6.45) is 4.80. The number of nitrogens with zero attached hydrogens (tertiary/aromatic N) is 3. The van der Waals surface area contributed by atoms with Crippen molar-refractivity contribution in [1.82, 2.24) is 20.6 Å². The third kappa shape index (κ3) is 5.12. The van der Waals surface area contributed by atoms with Gasteiger partial charge in [-0.2, -0.15) is 0 Å². The van der Waals surface area contributed by atoms with E-state index < -0.39 is 0 Å². The largest absolute Gasteiger partial charge is 0.352 e. The zero-order valence-electron chi connectivity index (χ0n) is 14.3. The quantitative estimate of drug-likeness (QED) is 0.341. The lowest BCUT2D eigenvalue weighted by Gasteiger charge is -2.12. The summed E-state index contributed by atoms with van der Waals surface area (Å²) in [5.74, 6) is 0.760. The Morgan fingerprint density at radius 3 is 2.68 bits per heavy atom. The molecule has 0 atom stereocenters. The molecule has 25 heavy (non-hydrogen) atoms. The number of fused-ring (bicyclic) bond motifs is 1. The number of aryl methyl sites for hydroxylation is 1. The van der Waals surface area contributed by atoms with Gasteiger partial charge in [0.05, 0.1) is 12.1 Å². The third-order valence-electron chi connectivity index (χ3n) is 3.74. The van der Waals surface area contributed by atoms with E-state index in [1.165, 1.54) is 4.88 Å². The maximum absolute atomic E-state index is 4.48. The van der Waals surface area contributed by atoms with Crippen molar-refractivity contribution in [1.29, 1.82) is 0 Å². The Labute approximate surface area is 169 Å². The first kappa shape index (κ1) is 19.6. The van der Waals surface area contributed by atoms with Gasteiger partial charge in [-0.25, -0.2) is 4.98 Å². The number of thiazole rings is 1. The second-order valence-electron chi connectivity index (χ2n) is 5.35. The normalized spacial score (nSPS) is 11.2. The van der Waals surface area contributed by atoms with Gasteiger partial charge in [-0.3, -0.25) is 9.98 Å². The predicted molar refractivity (Wildman–Crippen MR) is 116 cm³/mol. The van der Waals surface area contributed by atoms with Crippen molar-refractivity contribution < 1.29 is 0 Å². The molecule has 0 saturated carbocycles. The SMILES string of the molecule is CCc1cnc(CNC(=NC)NCc2cccc3cccnc23)s1.I. The van der Waals surface area contributed by atoms with Crippen LogP contribution in [0.15, 0.2) is 47.7 Å². The molecule has 7 heteroatoms. The maximum Gasteiger partial charge on any atom is 0.191 e. The maximum atomic E-state index is 4.48. The van der Waals surface area contributed by atoms with Gasteiger partial charge in [-0.05, 0) is 18.1 Å². The summed E-state index contributed by atoms with van der Waals surface area (Å²) in [5, 5.41) is 8.87. The van der Waals surface area contributed by atoms with Crippen molar-refractivity contribution in [3.05, 3.63) is 58.2 Å². The number of pyridine rings is 1. The van der Waals surface area contributed by atoms with Crippen molar-refractivity contribution in [2.24, 2.45) is 4.99 Å². The number of hydrogen-bond donors (Lipinski definition) is 2. The molecule has 3 aromatic rings. The molecule has 132 valence electrons. The first-order valence-electron chi connectivity index (χ1n) is 8.01. The number of halogens is 1. The number of aliphatic imine (C=N–C) groups is 1. The van der Waals surface area contributed by atoms with Crippen LogP contribution in [0, 0.1) is 0 Å². The zero-order chi connectivity index (χ0) is 16.8. The van der Waals surface area contributed by atoms with Crippen molar-refractivity contribution in [3.63, 3.8) is 0 Å². The number of rotatable bonds is 5. The Morgan fingerprint density at radius 2 is 1.92 bits per heavy atom. The smallest absolute Gasteiger partial charge is 0.191 e. The highest BCUT2D eigenvalue weighted by molar-refractivity contribution is 14.0. The standard InChI is InChI=1S/C18H21N5S.HI/c1-3-15-11-21-16(24-15)12-23-18(19-2)22-10-14-7-4-6-13-8-5-9-20-17(13)14;/h4-9,11H,3,10,12H2,1-2H3,(H2,19,22,23);1H. The lowest BCUT2D eigenvalue weighted by molar-refractivity contribution is 0.807. The van der Waals surface area contributed by atoms with Crippen LogP contribution >= 0.6 is 35.3 Å². The Bertz CT molecular complexity index is 841. The van der Waals surface area contributed by atoms with Crippen molar-refractivity contribution in [2.75, 3.05) is 7.05 Å². The molecule has 0 spiro atoms. The van der Waals surface area contributed by atoms with Gasteiger partial charge in [0, 0.05) is 36.2 Å². The molecule has 5 nitrogen and oxygen atoms in total. The Hall–Kier alpha value is -1.74. The van der Waals surface area contributed by atoms with Crippen LogP contribution in [0.4, 0.5) is 0 Å². The summed E-state index contributed by atoms with van der Waals surface area (Å²) >= 11 is 1.74. The van der Waals surface area contributed by atoms with Gasteiger partial charge in [0.2, 0.25) is 0 Å². The first-order chi connectivity index (χ1) is 11.8. The van der Waals surface area contributed by atoms with E-state index in [0.717, 1.165) is 33.9 Å². The van der Waals surface area contributed by atoms with Gasteiger partial charge < -0.3 is 10.6 Å². The molecule has 0 bridgehead atoms. The van der Waals surface area contributed by atoms with Crippen LogP contribution in [-0.2, 0) is 19.5 Å². The lowest BCUT2D eigenvalue weighted by atomic mass is 10.1. The van der Waals surface area contributed by atoms with Crippen molar-refractivity contribution in [3.8, 4) is 0 Å². The van der Waals surface area contributed by atoms with Crippen molar-refractivity contribution in [2.45, 2.75) is 26.4 Å². The molecule has 0 amide bonds. The number of nitrogens with one attached hydrogen (secondary N) is 2. The highest BCUT2D eigenvalue weighted by Crippen LogP contribution is 2.15. The van der Waals surface area contributed by atoms with E-state index in [-0.39, 0.29) is 24.0 Å². The van der Waals surface area contributed by atoms with Gasteiger partial charge in [-0.1, -0.05) is 31.2 Å². The molecular weight excluding hydrogens is 445 g/mol. The van der Waals surface area contributed by atoms with Crippen LogP contribution in [0.25, 0.3) is 10.9 Å². The summed E-state index contributed by atoms with van der Waals surface area (Å²) in [5.41, 5.74) is 2.18. The van der Waals surface area contributed by atoms with Gasteiger partial charge in [0.25, 0.3) is 0 Å². The summed E-state index contributed by atoms with van der Waals surface area (Å²) in [7, 11) is 1.77. The predicted octanol–water partition coefficient (Wildman–Crippen LogP) is 3.74. The van der Waals surface area contributed by atoms with Crippen LogP contribution in [0.3, 0.4) is 0 Å². The third-order valence-corrected chi connectivity index (χ3v) is 4.88. The van der Waals surface area contributed by atoms with E-state index >= 15 is 0 Å². The van der Waals surface area contributed by atoms with E-state index in [0.29, 0.717) is 13.1 Å². The fourth-order valence-electron chi connectivity index (χ4n) is 2.46. The molecule has 0 aliphatic rings. The van der Waals surface area contributed by atoms with E-state index in [1.54, 1.807) is 18.4 Å². The highest BCUT2D eigenvalue weighted by Gasteiger charge is 2.05. The minimum absolute atomic E-state index is 0. The zero-order valence-corrected chi connectivity index (χ0v) is 17.5. The van der Waals surface area contributed by atoms with E-state index in [4.69, 9.17) is 0 Å². The van der Waals surface area contributed by atoms with Crippen LogP contribution in [-0.4, -0.2) is 23.0 Å². The molecule has 0 aliphatic carbocycles. The van der Waals surface area contributed by atoms with Gasteiger partial charge in [0.1, 0.15) is 5.01 Å². The van der Waals surface area contributed by atoms with Crippen molar-refractivity contribution >= 4 is 52.2 Å². The monoisotopic (exact) mass is 467 g/mol. The number of guanidine groups is 1. The van der Waals surface area contributed by atoms with Crippen LogP contribution in [0.5, 0.6) is 0 Å². The molecular formula is C18H22IN5S. The minimum atomic E-state index is 0. The van der Waals surface area contributed by atoms with Crippen LogP contribution in [0.1, 0.15) is 22.4 Å². The molecule has 0 fully saturated rings. The number of hydrogen-bond acceptors (Lipinski definition) is 4. The molecule has 2 N–H and O–H groups in total. The fourth-order valence-corrected chi connectivity index (χ4v) is 3.26. The van der Waals surface area contributed by atoms with Crippen LogP contribution < -0.4 is 10.6 Å². The minimum Gasteiger partial charge on any atom is -0.352 e. The molecule has 1 aromatic carbocycles. The molecule has 2 heterocycles. The number of benzene rings is 1. The molecule has 3 rings (SSSR count). The van der Waals surface area contributed by atoms with Crippen LogP contribution in [0.2, 0.25) is 0 Å². The Morgan fingerprint density at radius 1 is 1.12 bits per heavy atom. The average Bonchev–Trinajstić information content (AvgIpc) is 3.10. The lowest BCUT2D eigenvalue weighted by Crippen LogP contribution is -2.36. The topological polar surface area (TPSA) is 62.2 Å². The summed E-state index contributed by atoms with van der Waals surface area (Å²) in [6, 6.07) is 10.3. The van der Waals surface area contributed by atoms with E-state index in [1.807, 2.05) is 18.5 Å². The molecule has 0 unspecified atom stereocenters. The average molecular weight is 467 g/mol. The summed E-state index contributed by atoms with van der Waals surface area (Å²) in [6.45, 7) is 3.49. The molecule has 2 aromatic heterocycles. The first-order valence-corrected chi connectivity index (χ1v) is 8.82. The summed E-state index contributed by atoms with van der Waals surface area (Å²) < 4.78 is 0. The number of para-hydroxylation sites is 1. The second kappa shape index (κ2) is 9.67. The Kier molecular flexibility index (Phi) is 7.57. The van der Waals surface area contributed by atoms with Gasteiger partial charge in [0.15, 0.2) is 5.96 Å². The van der Waals surface area contributed by atoms with Gasteiger partial charge >= 0.3 is 0 Å². The molecule has 0 radical (unpaired) electrons. The second-order valence-corrected chi connectivity index (χ2v) is 6.55. The molecule has 0 saturated heterocycles. The molecule has 0 aliphatic heterocycles. The summed E-state index contributed by atoms with van der Waals surface area (Å²) in [4.78, 5) is 14.5. The van der Waals surface area contributed by atoms with E-state index in [9.17, 15) is 0 Å². The number of aromatic nitrogens is 2. The highest BCUT2D eigenvalue weighted by atomic mass is 127. The Balaban J connectivity index is 0.00000225. The van der Waals surface area contributed by atoms with E-state index in [2.05, 4.69) is 56.8 Å². The fraction of sp³-hybridized carbons (Fsp3) is 0.278. The van der Waals surface area contributed by atoms with Gasteiger partial charge in [-0.15, -0.1) is 35.3 Å².